The van der Waals surface area contributed by atoms with E-state index in [1.54, 1.807) is 0 Å². The Hall–Kier alpha value is 0.330. The van der Waals surface area contributed by atoms with E-state index in [0.717, 1.165) is 0 Å². The molecule has 1 heterocycles. The zero-order chi connectivity index (χ0) is 15.5. The Morgan fingerprint density at radius 3 is 1.68 bits per heavy atom. The van der Waals surface area contributed by atoms with Crippen molar-refractivity contribution in [2.45, 2.75) is 27.7 Å². The molecule has 0 aromatic rings. The second kappa shape index (κ2) is 4.41. The fourth-order valence-corrected chi connectivity index (χ4v) is 1.44. The number of hydrogen-bond donors (Lipinski definition) is 0. The lowest BCUT2D eigenvalue weighted by Gasteiger charge is -2.31. The molecule has 1 aliphatic heterocycles. The Balaban J connectivity index is 3.27. The number of ether oxygens (including phenoxy) is 2. The van der Waals surface area contributed by atoms with Gasteiger partial charge in [0.2, 0.25) is 0 Å². The van der Waals surface area contributed by atoms with E-state index in [0.29, 0.717) is 0 Å². The maximum absolute atomic E-state index is 13.6. The molecule has 0 amide bonds. The van der Waals surface area contributed by atoms with Gasteiger partial charge in [0.05, 0.1) is 0 Å². The van der Waals surface area contributed by atoms with Crippen molar-refractivity contribution in [2.75, 3.05) is 0 Å². The molecule has 0 radical (unpaired) electrons. The summed E-state index contributed by atoms with van der Waals surface area (Å²) in [5.74, 6) is -11.9. The highest BCUT2D eigenvalue weighted by Gasteiger charge is 2.84. The van der Waals surface area contributed by atoms with Crippen molar-refractivity contribution in [3.05, 3.63) is 0 Å². The normalized spacial score (nSPS) is 35.5. The Morgan fingerprint density at radius 1 is 1.00 bits per heavy atom. The molecule has 112 valence electrons. The Labute approximate surface area is 120 Å². The lowest BCUT2D eigenvalue weighted by atomic mass is 10.1. The van der Waals surface area contributed by atoms with Crippen LogP contribution in [0.15, 0.2) is 0 Å². The van der Waals surface area contributed by atoms with Gasteiger partial charge in [-0.1, -0.05) is 23.2 Å². The summed E-state index contributed by atoms with van der Waals surface area (Å²) < 4.78 is 81.8. The van der Waals surface area contributed by atoms with E-state index >= 15 is 0 Å². The van der Waals surface area contributed by atoms with Crippen LogP contribution in [0.3, 0.4) is 0 Å². The minimum atomic E-state index is -6.07. The highest BCUT2D eigenvalue weighted by molar-refractivity contribution is 6.65. The van der Waals surface area contributed by atoms with Crippen LogP contribution in [-0.4, -0.2) is 33.0 Å². The molecule has 1 saturated heterocycles. The molecule has 0 bridgehead atoms. The molecule has 2 atom stereocenters. The predicted octanol–water partition coefficient (Wildman–Crippen LogP) is 3.69. The number of carbonyl (C=O) groups is 1. The predicted molar refractivity (Wildman–Crippen MR) is 50.9 cm³/mol. The maximum Gasteiger partial charge on any atom is 0.403 e. The molecule has 2 unspecified atom stereocenters. The van der Waals surface area contributed by atoms with Crippen LogP contribution in [0.5, 0.6) is 0 Å². The van der Waals surface area contributed by atoms with E-state index < -0.39 is 33.0 Å². The third kappa shape index (κ3) is 2.38. The van der Waals surface area contributed by atoms with E-state index in [9.17, 15) is 31.1 Å². The van der Waals surface area contributed by atoms with Gasteiger partial charge in [-0.3, -0.25) is 14.3 Å². The molecule has 0 aromatic heterocycles. The van der Waals surface area contributed by atoms with Crippen molar-refractivity contribution in [3.8, 4) is 0 Å². The molecule has 0 aliphatic carbocycles. The van der Waals surface area contributed by atoms with Gasteiger partial charge in [0.25, 0.3) is 9.76 Å². The standard InChI is InChI=1S/C6Cl4F6O3/c7-1(17)2(11,12)3(13,14)6(16)18-4(8,9)5(10,15)19-6. The van der Waals surface area contributed by atoms with E-state index in [-0.39, 0.29) is 0 Å². The summed E-state index contributed by atoms with van der Waals surface area (Å²) in [4.78, 5) is 10.2. The highest BCUT2D eigenvalue weighted by atomic mass is 35.5. The number of halogens is 10. The van der Waals surface area contributed by atoms with E-state index in [4.69, 9.17) is 23.2 Å². The van der Waals surface area contributed by atoms with Crippen LogP contribution in [0.4, 0.5) is 26.3 Å². The topological polar surface area (TPSA) is 35.5 Å². The molecule has 1 aliphatic rings. The van der Waals surface area contributed by atoms with Crippen LogP contribution in [0.25, 0.3) is 0 Å². The van der Waals surface area contributed by atoms with Crippen LogP contribution >= 0.6 is 46.4 Å². The third-order valence-electron chi connectivity index (χ3n) is 1.87. The van der Waals surface area contributed by atoms with Crippen LogP contribution < -0.4 is 0 Å². The third-order valence-corrected chi connectivity index (χ3v) is 3.29. The van der Waals surface area contributed by atoms with Gasteiger partial charge in [-0.05, 0) is 23.2 Å². The van der Waals surface area contributed by atoms with Gasteiger partial charge >= 0.3 is 23.2 Å². The molecular weight excluding hydrogens is 376 g/mol. The molecule has 0 spiro atoms. The summed E-state index contributed by atoms with van der Waals surface area (Å²) in [6.45, 7) is 0. The molecule has 1 fully saturated rings. The largest absolute Gasteiger partial charge is 0.403 e. The summed E-state index contributed by atoms with van der Waals surface area (Å²) in [6, 6.07) is -5.24. The quantitative estimate of drug-likeness (QED) is 0.429. The average molecular weight is 376 g/mol. The molecule has 0 aromatic carbocycles. The first-order valence-electron chi connectivity index (χ1n) is 3.91. The van der Waals surface area contributed by atoms with E-state index in [1.165, 1.54) is 0 Å². The molecule has 0 saturated carbocycles. The lowest BCUT2D eigenvalue weighted by molar-refractivity contribution is -0.411. The van der Waals surface area contributed by atoms with Crippen molar-refractivity contribution in [1.82, 2.24) is 0 Å². The summed E-state index contributed by atoms with van der Waals surface area (Å²) in [6.07, 6.45) is 0. The molecular formula is C6Cl4F6O3. The summed E-state index contributed by atoms with van der Waals surface area (Å²) in [7, 11) is 0. The van der Waals surface area contributed by atoms with Gasteiger partial charge in [-0.2, -0.15) is 26.3 Å². The smallest absolute Gasteiger partial charge is 0.275 e. The van der Waals surface area contributed by atoms with Crippen molar-refractivity contribution in [1.29, 1.82) is 0 Å². The fourth-order valence-electron chi connectivity index (χ4n) is 0.909. The monoisotopic (exact) mass is 374 g/mol. The second-order valence-electron chi connectivity index (χ2n) is 3.20. The van der Waals surface area contributed by atoms with Gasteiger partial charge in [0.1, 0.15) is 0 Å². The molecule has 13 heteroatoms. The summed E-state index contributed by atoms with van der Waals surface area (Å²) in [5, 5.41) is -7.08. The van der Waals surface area contributed by atoms with Crippen LogP contribution in [-0.2, 0) is 14.3 Å². The van der Waals surface area contributed by atoms with Crippen LogP contribution in [0.1, 0.15) is 0 Å². The van der Waals surface area contributed by atoms with Gasteiger partial charge < -0.3 is 0 Å². The lowest BCUT2D eigenvalue weighted by Crippen LogP contribution is -2.60. The van der Waals surface area contributed by atoms with Gasteiger partial charge in [0, 0.05) is 0 Å². The first kappa shape index (κ1) is 17.4. The van der Waals surface area contributed by atoms with Gasteiger partial charge in [-0.25, -0.2) is 0 Å². The Bertz CT molecular complexity index is 398. The summed E-state index contributed by atoms with van der Waals surface area (Å²) in [5.41, 5.74) is 0. The second-order valence-corrected chi connectivity index (χ2v) is 5.28. The van der Waals surface area contributed by atoms with Gasteiger partial charge in [0.15, 0.2) is 0 Å². The van der Waals surface area contributed by atoms with E-state index in [2.05, 4.69) is 32.7 Å². The number of alkyl halides is 9. The SMILES string of the molecule is O=C(Cl)C(F)(F)C(F)(F)C1(F)OC(F)(Cl)C(Cl)(Cl)O1. The summed E-state index contributed by atoms with van der Waals surface area (Å²) >= 11 is 18.6. The molecule has 19 heavy (non-hydrogen) atoms. The number of hydrogen-bond acceptors (Lipinski definition) is 3. The highest BCUT2D eigenvalue weighted by Crippen LogP contribution is 2.60. The minimum Gasteiger partial charge on any atom is -0.275 e. The average Bonchev–Trinajstić information content (AvgIpc) is 2.30. The maximum atomic E-state index is 13.6. The Morgan fingerprint density at radius 2 is 1.42 bits per heavy atom. The van der Waals surface area contributed by atoms with Gasteiger partial charge in [-0.15, -0.1) is 0 Å². The fraction of sp³-hybridized carbons (Fsp3) is 0.833. The van der Waals surface area contributed by atoms with Crippen molar-refractivity contribution >= 4 is 51.6 Å². The zero-order valence-corrected chi connectivity index (χ0v) is 11.0. The van der Waals surface area contributed by atoms with Crippen molar-refractivity contribution < 1.29 is 40.6 Å². The first-order valence-corrected chi connectivity index (χ1v) is 5.42. The zero-order valence-electron chi connectivity index (χ0n) is 8.00. The molecule has 3 nitrogen and oxygen atoms in total. The minimum absolute atomic E-state index is 2.96. The van der Waals surface area contributed by atoms with E-state index in [1.807, 2.05) is 0 Å². The first-order chi connectivity index (χ1) is 8.11. The van der Waals surface area contributed by atoms with Crippen LogP contribution in [0.2, 0.25) is 0 Å². The van der Waals surface area contributed by atoms with Crippen molar-refractivity contribution in [2.24, 2.45) is 0 Å². The number of carbonyl (C=O) groups excluding carboxylic acids is 1. The molecule has 1 rings (SSSR count). The van der Waals surface area contributed by atoms with Crippen molar-refractivity contribution in [3.63, 3.8) is 0 Å². The number of rotatable bonds is 3. The Kier molecular flexibility index (Phi) is 4.03. The van der Waals surface area contributed by atoms with Crippen LogP contribution in [0, 0.1) is 0 Å². The molecule has 0 N–H and O–H groups in total.